The number of hydrogen-bond acceptors (Lipinski definition) is 3. The Kier molecular flexibility index (Phi) is 3.78. The summed E-state index contributed by atoms with van der Waals surface area (Å²) in [6.07, 6.45) is 4.68. The monoisotopic (exact) mass is 288 g/mol. The zero-order valence-corrected chi connectivity index (χ0v) is 12.3. The van der Waals surface area contributed by atoms with Crippen LogP contribution in [0.15, 0.2) is 36.7 Å². The second-order valence-corrected chi connectivity index (χ2v) is 5.96. The van der Waals surface area contributed by atoms with Crippen molar-refractivity contribution < 1.29 is 4.39 Å². The number of fused-ring (bicyclic) bond motifs is 1. The normalized spacial score (nSPS) is 18.2. The number of nitrogens with two attached hydrogens (primary N) is 1. The van der Waals surface area contributed by atoms with E-state index >= 15 is 0 Å². The van der Waals surface area contributed by atoms with Crippen LogP contribution in [0.25, 0.3) is 0 Å². The van der Waals surface area contributed by atoms with E-state index in [1.807, 2.05) is 24.5 Å². The van der Waals surface area contributed by atoms with E-state index in [4.69, 9.17) is 5.73 Å². The van der Waals surface area contributed by atoms with Crippen LogP contribution in [0, 0.1) is 5.82 Å². The molecule has 2 aromatic rings. The van der Waals surface area contributed by atoms with Gasteiger partial charge in [-0.25, -0.2) is 9.37 Å². The Morgan fingerprint density at radius 3 is 2.76 bits per heavy atom. The fraction of sp³-hybridized carbons (Fsp3) is 0.438. The molecule has 0 spiro atoms. The van der Waals surface area contributed by atoms with Gasteiger partial charge in [-0.2, -0.15) is 0 Å². The summed E-state index contributed by atoms with van der Waals surface area (Å²) in [4.78, 5) is 6.79. The van der Waals surface area contributed by atoms with Gasteiger partial charge in [-0.05, 0) is 31.0 Å². The van der Waals surface area contributed by atoms with E-state index in [1.165, 1.54) is 12.1 Å². The minimum absolute atomic E-state index is 0.144. The zero-order valence-electron chi connectivity index (χ0n) is 12.3. The van der Waals surface area contributed by atoms with Crippen molar-refractivity contribution in [3.8, 4) is 0 Å². The molecule has 1 unspecified atom stereocenters. The highest BCUT2D eigenvalue weighted by Crippen LogP contribution is 2.24. The minimum atomic E-state index is -0.201. The highest BCUT2D eigenvalue weighted by molar-refractivity contribution is 5.19. The molecule has 1 aliphatic heterocycles. The first-order valence-corrected chi connectivity index (χ1v) is 7.30. The highest BCUT2D eigenvalue weighted by Gasteiger charge is 2.33. The smallest absolute Gasteiger partial charge is 0.123 e. The average molecular weight is 288 g/mol. The second-order valence-electron chi connectivity index (χ2n) is 5.96. The van der Waals surface area contributed by atoms with Gasteiger partial charge in [-0.3, -0.25) is 4.90 Å². The molecule has 0 aliphatic carbocycles. The Bertz CT molecular complexity index is 607. The lowest BCUT2D eigenvalue weighted by Gasteiger charge is -2.43. The molecule has 4 nitrogen and oxygen atoms in total. The van der Waals surface area contributed by atoms with Crippen LogP contribution in [-0.2, 0) is 19.5 Å². The predicted molar refractivity (Wildman–Crippen MR) is 80.2 cm³/mol. The summed E-state index contributed by atoms with van der Waals surface area (Å²) in [5.74, 6) is 0.883. The summed E-state index contributed by atoms with van der Waals surface area (Å²) in [6, 6.07) is 6.70. The van der Waals surface area contributed by atoms with E-state index < -0.39 is 0 Å². The number of aromatic nitrogens is 2. The largest absolute Gasteiger partial charge is 0.333 e. The number of rotatable bonds is 4. The van der Waals surface area contributed by atoms with Crippen molar-refractivity contribution in [2.45, 2.75) is 32.0 Å². The van der Waals surface area contributed by atoms with Gasteiger partial charge in [0.2, 0.25) is 0 Å². The fourth-order valence-electron chi connectivity index (χ4n) is 2.99. The Labute approximate surface area is 124 Å². The summed E-state index contributed by atoms with van der Waals surface area (Å²) < 4.78 is 15.2. The molecule has 0 saturated heterocycles. The molecule has 2 N–H and O–H groups in total. The summed E-state index contributed by atoms with van der Waals surface area (Å²) >= 11 is 0. The van der Waals surface area contributed by atoms with Crippen LogP contribution in [0.3, 0.4) is 0 Å². The van der Waals surface area contributed by atoms with Crippen LogP contribution in [0.4, 0.5) is 4.39 Å². The van der Waals surface area contributed by atoms with Gasteiger partial charge in [-0.1, -0.05) is 12.1 Å². The van der Waals surface area contributed by atoms with Crippen molar-refractivity contribution in [2.24, 2.45) is 5.73 Å². The van der Waals surface area contributed by atoms with E-state index in [9.17, 15) is 4.39 Å². The predicted octanol–water partition coefficient (Wildman–Crippen LogP) is 1.80. The number of nitrogens with zero attached hydrogens (tertiary/aromatic N) is 3. The molecule has 2 heterocycles. The molecule has 1 aromatic heterocycles. The van der Waals surface area contributed by atoms with Gasteiger partial charge in [0.15, 0.2) is 0 Å². The molecule has 0 fully saturated rings. The van der Waals surface area contributed by atoms with Crippen molar-refractivity contribution in [3.63, 3.8) is 0 Å². The first-order valence-electron chi connectivity index (χ1n) is 7.30. The zero-order chi connectivity index (χ0) is 14.9. The van der Waals surface area contributed by atoms with E-state index in [-0.39, 0.29) is 11.4 Å². The Balaban J connectivity index is 1.78. The van der Waals surface area contributed by atoms with Crippen molar-refractivity contribution in [3.05, 3.63) is 53.9 Å². The van der Waals surface area contributed by atoms with Crippen molar-refractivity contribution in [1.82, 2.24) is 14.5 Å². The Morgan fingerprint density at radius 2 is 2.05 bits per heavy atom. The van der Waals surface area contributed by atoms with Crippen LogP contribution >= 0.6 is 0 Å². The topological polar surface area (TPSA) is 47.1 Å². The first kappa shape index (κ1) is 14.2. The van der Waals surface area contributed by atoms with Crippen LogP contribution in [-0.4, -0.2) is 33.1 Å². The third kappa shape index (κ3) is 2.84. The van der Waals surface area contributed by atoms with E-state index in [1.54, 1.807) is 0 Å². The first-order chi connectivity index (χ1) is 10.1. The molecule has 0 radical (unpaired) electrons. The fourth-order valence-corrected chi connectivity index (χ4v) is 2.99. The molecule has 112 valence electrons. The summed E-state index contributed by atoms with van der Waals surface area (Å²) in [6.45, 7) is 5.44. The van der Waals surface area contributed by atoms with Crippen LogP contribution in [0.2, 0.25) is 0 Å². The molecule has 21 heavy (non-hydrogen) atoms. The lowest BCUT2D eigenvalue weighted by Crippen LogP contribution is -2.55. The number of benzene rings is 1. The third-order valence-corrected chi connectivity index (χ3v) is 4.45. The van der Waals surface area contributed by atoms with Crippen LogP contribution in [0.5, 0.6) is 0 Å². The SMILES string of the molecule is CC(CN)(Cc1ccc(F)cc1)N1CCn2ccnc2C1. The van der Waals surface area contributed by atoms with Crippen molar-refractivity contribution in [2.75, 3.05) is 13.1 Å². The maximum Gasteiger partial charge on any atom is 0.123 e. The van der Waals surface area contributed by atoms with Gasteiger partial charge in [-0.15, -0.1) is 0 Å². The molecular formula is C16H21FN4. The van der Waals surface area contributed by atoms with Gasteiger partial charge in [0.1, 0.15) is 11.6 Å². The minimum Gasteiger partial charge on any atom is -0.333 e. The van der Waals surface area contributed by atoms with Crippen molar-refractivity contribution >= 4 is 0 Å². The van der Waals surface area contributed by atoms with Crippen molar-refractivity contribution in [1.29, 1.82) is 0 Å². The Hall–Kier alpha value is -1.72. The summed E-state index contributed by atoms with van der Waals surface area (Å²) in [7, 11) is 0. The molecule has 1 aliphatic rings. The van der Waals surface area contributed by atoms with Crippen LogP contribution in [0.1, 0.15) is 18.3 Å². The summed E-state index contributed by atoms with van der Waals surface area (Å²) in [5, 5.41) is 0. The van der Waals surface area contributed by atoms with E-state index in [0.717, 1.165) is 37.4 Å². The highest BCUT2D eigenvalue weighted by atomic mass is 19.1. The van der Waals surface area contributed by atoms with Gasteiger partial charge >= 0.3 is 0 Å². The van der Waals surface area contributed by atoms with Gasteiger partial charge in [0.05, 0.1) is 6.54 Å². The average Bonchev–Trinajstić information content (AvgIpc) is 2.97. The molecule has 1 aromatic carbocycles. The molecule has 5 heteroatoms. The van der Waals surface area contributed by atoms with E-state index in [2.05, 4.69) is 21.4 Å². The summed E-state index contributed by atoms with van der Waals surface area (Å²) in [5.41, 5.74) is 7.03. The number of hydrogen-bond donors (Lipinski definition) is 1. The standard InChI is InChI=1S/C16H21FN4/c1-16(12-18,10-13-2-4-14(17)5-3-13)21-9-8-20-7-6-19-15(20)11-21/h2-7H,8-12,18H2,1H3. The van der Waals surface area contributed by atoms with Gasteiger partial charge < -0.3 is 10.3 Å². The molecule has 0 bridgehead atoms. The molecule has 0 amide bonds. The lowest BCUT2D eigenvalue weighted by atomic mass is 9.90. The van der Waals surface area contributed by atoms with Gasteiger partial charge in [0, 0.05) is 37.6 Å². The molecule has 0 saturated carbocycles. The number of halogens is 1. The third-order valence-electron chi connectivity index (χ3n) is 4.45. The van der Waals surface area contributed by atoms with Gasteiger partial charge in [0.25, 0.3) is 0 Å². The molecule has 1 atom stereocenters. The second kappa shape index (κ2) is 5.58. The van der Waals surface area contributed by atoms with E-state index in [0.29, 0.717) is 6.54 Å². The molecular weight excluding hydrogens is 267 g/mol. The maximum atomic E-state index is 13.0. The molecule has 3 rings (SSSR count). The lowest BCUT2D eigenvalue weighted by molar-refractivity contribution is 0.0772. The quantitative estimate of drug-likeness (QED) is 0.933. The maximum absolute atomic E-state index is 13.0. The Morgan fingerprint density at radius 1 is 1.29 bits per heavy atom. The van der Waals surface area contributed by atoms with Crippen LogP contribution < -0.4 is 5.73 Å². The number of imidazole rings is 1.